The molecule has 0 radical (unpaired) electrons. The molecule has 0 aliphatic carbocycles. The summed E-state index contributed by atoms with van der Waals surface area (Å²) in [6, 6.07) is 0.242. The zero-order valence-corrected chi connectivity index (χ0v) is 18.2. The van der Waals surface area contributed by atoms with Crippen molar-refractivity contribution in [3.63, 3.8) is 0 Å². The minimum atomic E-state index is -0.585. The molecule has 0 spiro atoms. The van der Waals surface area contributed by atoms with Crippen LogP contribution >= 0.6 is 11.3 Å². The fraction of sp³-hybridized carbons (Fsp3) is 0.632. The predicted molar refractivity (Wildman–Crippen MR) is 108 cm³/mol. The van der Waals surface area contributed by atoms with Crippen molar-refractivity contribution in [1.29, 1.82) is 0 Å². The average molecular weight is 415 g/mol. The second-order valence-electron chi connectivity index (χ2n) is 6.33. The van der Waals surface area contributed by atoms with Crippen LogP contribution in [0.2, 0.25) is 0 Å². The molecule has 158 valence electrons. The lowest BCUT2D eigenvalue weighted by Crippen LogP contribution is -2.36. The van der Waals surface area contributed by atoms with Crippen molar-refractivity contribution in [2.75, 3.05) is 45.8 Å². The van der Waals surface area contributed by atoms with Crippen LogP contribution in [-0.2, 0) is 19.0 Å². The standard InChI is InChI=1S/C19H30N2O6S/c1-7-12(3)21(5)11-14(22)20-17-15(18(23)26-8-2)13(4)16(28-17)19(24)27-10-9-25-6/h12H,7-11H2,1-6H3,(H,20,22). The lowest BCUT2D eigenvalue weighted by molar-refractivity contribution is -0.117. The van der Waals surface area contributed by atoms with Gasteiger partial charge in [0.25, 0.3) is 0 Å². The number of methoxy groups -OCH3 is 1. The van der Waals surface area contributed by atoms with Gasteiger partial charge in [0.2, 0.25) is 5.91 Å². The van der Waals surface area contributed by atoms with Crippen molar-refractivity contribution in [2.24, 2.45) is 0 Å². The van der Waals surface area contributed by atoms with Gasteiger partial charge in [-0.1, -0.05) is 6.92 Å². The third-order valence-electron chi connectivity index (χ3n) is 4.32. The molecule has 8 nitrogen and oxygen atoms in total. The number of rotatable bonds is 11. The van der Waals surface area contributed by atoms with E-state index in [-0.39, 0.29) is 53.8 Å². The third-order valence-corrected chi connectivity index (χ3v) is 5.51. The summed E-state index contributed by atoms with van der Waals surface area (Å²) in [6.45, 7) is 8.13. The molecule has 0 saturated heterocycles. The van der Waals surface area contributed by atoms with E-state index >= 15 is 0 Å². The Labute approximate surface area is 170 Å². The van der Waals surface area contributed by atoms with Crippen molar-refractivity contribution in [1.82, 2.24) is 4.90 Å². The summed E-state index contributed by atoms with van der Waals surface area (Å²) < 4.78 is 15.1. The average Bonchev–Trinajstić information content (AvgIpc) is 2.97. The zero-order chi connectivity index (χ0) is 21.3. The molecule has 0 bridgehead atoms. The summed E-state index contributed by atoms with van der Waals surface area (Å²) >= 11 is 1.01. The predicted octanol–water partition coefficient (Wildman–Crippen LogP) is 2.71. The molecule has 9 heteroatoms. The van der Waals surface area contributed by atoms with Crippen LogP contribution in [0, 0.1) is 6.92 Å². The molecule has 1 N–H and O–H groups in total. The first-order valence-corrected chi connectivity index (χ1v) is 10.0. The Morgan fingerprint density at radius 3 is 2.39 bits per heavy atom. The molecule has 1 amide bonds. The van der Waals surface area contributed by atoms with Gasteiger partial charge >= 0.3 is 11.9 Å². The normalized spacial score (nSPS) is 12.0. The lowest BCUT2D eigenvalue weighted by atomic mass is 10.1. The molecular formula is C19H30N2O6S. The van der Waals surface area contributed by atoms with Crippen LogP contribution in [0.25, 0.3) is 0 Å². The lowest BCUT2D eigenvalue weighted by Gasteiger charge is -2.22. The highest BCUT2D eigenvalue weighted by Crippen LogP contribution is 2.34. The number of esters is 2. The Hall–Kier alpha value is -1.97. The van der Waals surface area contributed by atoms with Gasteiger partial charge in [0.1, 0.15) is 16.5 Å². The molecule has 1 rings (SSSR count). The number of nitrogens with zero attached hydrogens (tertiary/aromatic N) is 1. The minimum absolute atomic E-state index is 0.100. The maximum Gasteiger partial charge on any atom is 0.348 e. The van der Waals surface area contributed by atoms with E-state index in [0.717, 1.165) is 17.8 Å². The van der Waals surface area contributed by atoms with Crippen LogP contribution in [0.3, 0.4) is 0 Å². The first-order chi connectivity index (χ1) is 13.3. The molecule has 0 saturated carbocycles. The van der Waals surface area contributed by atoms with Crippen molar-refractivity contribution in [2.45, 2.75) is 40.2 Å². The molecule has 1 atom stereocenters. The van der Waals surface area contributed by atoms with E-state index in [1.165, 1.54) is 7.11 Å². The number of likely N-dealkylation sites (N-methyl/N-ethyl adjacent to an activating group) is 1. The Morgan fingerprint density at radius 1 is 1.14 bits per heavy atom. The van der Waals surface area contributed by atoms with E-state index in [4.69, 9.17) is 14.2 Å². The molecule has 0 aliphatic rings. The highest BCUT2D eigenvalue weighted by Gasteiger charge is 2.27. The first kappa shape index (κ1) is 24.1. The highest BCUT2D eigenvalue weighted by atomic mass is 32.1. The van der Waals surface area contributed by atoms with Gasteiger partial charge in [-0.15, -0.1) is 11.3 Å². The fourth-order valence-corrected chi connectivity index (χ4v) is 3.49. The van der Waals surface area contributed by atoms with Crippen LogP contribution in [0.4, 0.5) is 5.00 Å². The van der Waals surface area contributed by atoms with Crippen LogP contribution in [0.5, 0.6) is 0 Å². The van der Waals surface area contributed by atoms with E-state index in [2.05, 4.69) is 5.32 Å². The summed E-state index contributed by atoms with van der Waals surface area (Å²) in [4.78, 5) is 39.3. The fourth-order valence-electron chi connectivity index (χ4n) is 2.39. The molecule has 1 aromatic heterocycles. The smallest absolute Gasteiger partial charge is 0.348 e. The molecule has 0 aromatic carbocycles. The van der Waals surface area contributed by atoms with Crippen molar-refractivity contribution < 1.29 is 28.6 Å². The Balaban J connectivity index is 3.07. The van der Waals surface area contributed by atoms with E-state index in [1.54, 1.807) is 13.8 Å². The van der Waals surface area contributed by atoms with Crippen LogP contribution in [0.15, 0.2) is 0 Å². The van der Waals surface area contributed by atoms with Crippen LogP contribution in [-0.4, -0.2) is 69.3 Å². The summed E-state index contributed by atoms with van der Waals surface area (Å²) in [5.74, 6) is -1.42. The Bertz CT molecular complexity index is 688. The summed E-state index contributed by atoms with van der Waals surface area (Å²) in [5.41, 5.74) is 0.613. The van der Waals surface area contributed by atoms with E-state index in [0.29, 0.717) is 5.56 Å². The maximum absolute atomic E-state index is 12.4. The molecule has 0 aliphatic heterocycles. The summed E-state index contributed by atoms with van der Waals surface area (Å²) in [7, 11) is 3.37. The molecule has 1 heterocycles. The number of hydrogen-bond donors (Lipinski definition) is 1. The van der Waals surface area contributed by atoms with Gasteiger partial charge in [-0.2, -0.15) is 0 Å². The maximum atomic E-state index is 12.4. The van der Waals surface area contributed by atoms with Gasteiger partial charge in [-0.25, -0.2) is 9.59 Å². The molecule has 28 heavy (non-hydrogen) atoms. The largest absolute Gasteiger partial charge is 0.462 e. The topological polar surface area (TPSA) is 94.2 Å². The second-order valence-corrected chi connectivity index (χ2v) is 7.35. The van der Waals surface area contributed by atoms with Gasteiger partial charge in [0.15, 0.2) is 0 Å². The Morgan fingerprint density at radius 2 is 1.82 bits per heavy atom. The van der Waals surface area contributed by atoms with E-state index in [1.807, 2.05) is 25.8 Å². The number of nitrogens with one attached hydrogen (secondary N) is 1. The number of amides is 1. The minimum Gasteiger partial charge on any atom is -0.462 e. The number of hydrogen-bond acceptors (Lipinski definition) is 8. The second kappa shape index (κ2) is 11.8. The zero-order valence-electron chi connectivity index (χ0n) is 17.4. The van der Waals surface area contributed by atoms with E-state index in [9.17, 15) is 14.4 Å². The number of anilines is 1. The number of carbonyl (C=O) groups excluding carboxylic acids is 3. The van der Waals surface area contributed by atoms with Crippen molar-refractivity contribution >= 4 is 34.2 Å². The van der Waals surface area contributed by atoms with Gasteiger partial charge in [0.05, 0.1) is 25.3 Å². The van der Waals surface area contributed by atoms with Gasteiger partial charge in [-0.05, 0) is 39.8 Å². The monoisotopic (exact) mass is 414 g/mol. The SMILES string of the molecule is CCOC(=O)c1c(NC(=O)CN(C)C(C)CC)sc(C(=O)OCCOC)c1C. The van der Waals surface area contributed by atoms with Crippen molar-refractivity contribution in [3.05, 3.63) is 16.0 Å². The molecule has 0 fully saturated rings. The van der Waals surface area contributed by atoms with Gasteiger partial charge in [-0.3, -0.25) is 9.69 Å². The molecule has 1 unspecified atom stereocenters. The Kier molecular flexibility index (Phi) is 10.1. The van der Waals surface area contributed by atoms with Crippen molar-refractivity contribution in [3.8, 4) is 0 Å². The highest BCUT2D eigenvalue weighted by molar-refractivity contribution is 7.18. The van der Waals surface area contributed by atoms with Crippen LogP contribution in [0.1, 0.15) is 52.8 Å². The van der Waals surface area contributed by atoms with E-state index < -0.39 is 11.9 Å². The quantitative estimate of drug-likeness (QED) is 0.439. The molecule has 1 aromatic rings. The van der Waals surface area contributed by atoms with Gasteiger partial charge in [0, 0.05) is 13.2 Å². The molecular weight excluding hydrogens is 384 g/mol. The summed E-state index contributed by atoms with van der Waals surface area (Å²) in [6.07, 6.45) is 0.910. The number of carbonyl (C=O) groups is 3. The number of ether oxygens (including phenoxy) is 3. The number of thiophene rings is 1. The summed E-state index contributed by atoms with van der Waals surface area (Å²) in [5, 5.41) is 3.04. The third kappa shape index (κ3) is 6.57. The van der Waals surface area contributed by atoms with Crippen LogP contribution < -0.4 is 5.32 Å². The first-order valence-electron chi connectivity index (χ1n) is 9.23. The van der Waals surface area contributed by atoms with Gasteiger partial charge < -0.3 is 19.5 Å².